The van der Waals surface area contributed by atoms with Gasteiger partial charge in [0.25, 0.3) is 0 Å². The highest BCUT2D eigenvalue weighted by atomic mass is 16.5. The number of nitrogens with zero attached hydrogens (tertiary/aromatic N) is 1. The molecular weight excluding hydrogens is 216 g/mol. The summed E-state index contributed by atoms with van der Waals surface area (Å²) in [5.74, 6) is -0.125. The Labute approximate surface area is 100 Å². The van der Waals surface area contributed by atoms with E-state index in [9.17, 15) is 4.79 Å². The summed E-state index contributed by atoms with van der Waals surface area (Å²) in [5.41, 5.74) is 1.20. The van der Waals surface area contributed by atoms with E-state index in [1.54, 1.807) is 24.3 Å². The topological polar surface area (TPSA) is 62.1 Å². The summed E-state index contributed by atoms with van der Waals surface area (Å²) in [4.78, 5) is 11.9. The summed E-state index contributed by atoms with van der Waals surface area (Å²) in [5, 5.41) is 11.6. The molecule has 0 radical (unpaired) electrons. The van der Waals surface area contributed by atoms with Crippen LogP contribution in [0.3, 0.4) is 0 Å². The summed E-state index contributed by atoms with van der Waals surface area (Å²) in [6.45, 7) is 2.44. The lowest BCUT2D eigenvalue weighted by Gasteiger charge is -2.09. The quantitative estimate of drug-likeness (QED) is 0.844. The van der Waals surface area contributed by atoms with Crippen LogP contribution in [0.5, 0.6) is 0 Å². The summed E-state index contributed by atoms with van der Waals surface area (Å²) in [7, 11) is 0. The van der Waals surface area contributed by atoms with Crippen molar-refractivity contribution in [1.82, 2.24) is 0 Å². The summed E-state index contributed by atoms with van der Waals surface area (Å²) >= 11 is 0. The zero-order valence-electron chi connectivity index (χ0n) is 9.64. The minimum Gasteiger partial charge on any atom is -0.378 e. The van der Waals surface area contributed by atoms with Gasteiger partial charge in [0.05, 0.1) is 30.3 Å². The second kappa shape index (κ2) is 4.98. The highest BCUT2D eigenvalue weighted by molar-refractivity contribution is 5.92. The number of nitrogens with one attached hydrogen (secondary N) is 1. The molecule has 1 amide bonds. The van der Waals surface area contributed by atoms with Crippen molar-refractivity contribution in [2.24, 2.45) is 5.92 Å². The highest BCUT2D eigenvalue weighted by Crippen LogP contribution is 2.21. The van der Waals surface area contributed by atoms with Crippen LogP contribution in [0.2, 0.25) is 0 Å². The number of ether oxygens (including phenoxy) is 1. The van der Waals surface area contributed by atoms with E-state index in [4.69, 9.17) is 10.00 Å². The van der Waals surface area contributed by atoms with Gasteiger partial charge in [0.2, 0.25) is 5.91 Å². The Morgan fingerprint density at radius 1 is 1.59 bits per heavy atom. The first-order chi connectivity index (χ1) is 8.19. The maximum atomic E-state index is 11.9. The fourth-order valence-electron chi connectivity index (χ4n) is 1.91. The second-order valence-electron chi connectivity index (χ2n) is 4.26. The van der Waals surface area contributed by atoms with E-state index in [2.05, 4.69) is 5.32 Å². The molecule has 0 aromatic heterocycles. The lowest BCUT2D eigenvalue weighted by atomic mass is 10.1. The molecule has 1 saturated heterocycles. The average Bonchev–Trinajstić information content (AvgIpc) is 2.76. The van der Waals surface area contributed by atoms with Crippen LogP contribution in [0, 0.1) is 17.2 Å². The molecule has 0 aliphatic carbocycles. The molecule has 1 N–H and O–H groups in total. The van der Waals surface area contributed by atoms with Gasteiger partial charge in [-0.1, -0.05) is 6.07 Å². The number of nitriles is 1. The molecule has 0 saturated carbocycles. The Morgan fingerprint density at radius 2 is 2.41 bits per heavy atom. The lowest BCUT2D eigenvalue weighted by Crippen LogP contribution is -2.23. The number of benzene rings is 1. The first-order valence-corrected chi connectivity index (χ1v) is 5.61. The third-order valence-electron chi connectivity index (χ3n) is 2.83. The molecule has 4 nitrogen and oxygen atoms in total. The van der Waals surface area contributed by atoms with Crippen molar-refractivity contribution < 1.29 is 9.53 Å². The summed E-state index contributed by atoms with van der Waals surface area (Å²) < 4.78 is 5.36. The van der Waals surface area contributed by atoms with E-state index in [1.165, 1.54) is 0 Å². The van der Waals surface area contributed by atoms with Gasteiger partial charge in [-0.15, -0.1) is 0 Å². The Balaban J connectivity index is 2.01. The van der Waals surface area contributed by atoms with E-state index in [0.29, 0.717) is 17.9 Å². The zero-order chi connectivity index (χ0) is 12.3. The predicted molar refractivity (Wildman–Crippen MR) is 63.3 cm³/mol. The predicted octanol–water partition coefficient (Wildman–Crippen LogP) is 1.92. The molecule has 0 spiro atoms. The molecule has 0 bridgehead atoms. The third-order valence-corrected chi connectivity index (χ3v) is 2.83. The number of amides is 1. The van der Waals surface area contributed by atoms with Crippen molar-refractivity contribution >= 4 is 11.6 Å². The minimum absolute atomic E-state index is 0.0376. The number of hydrogen-bond donors (Lipinski definition) is 1. The largest absolute Gasteiger partial charge is 0.378 e. The van der Waals surface area contributed by atoms with Crippen molar-refractivity contribution in [3.05, 3.63) is 29.8 Å². The van der Waals surface area contributed by atoms with Gasteiger partial charge in [0, 0.05) is 5.69 Å². The van der Waals surface area contributed by atoms with Crippen molar-refractivity contribution in [3.63, 3.8) is 0 Å². The van der Waals surface area contributed by atoms with E-state index in [0.717, 1.165) is 6.42 Å². The molecule has 2 unspecified atom stereocenters. The molecule has 1 aliphatic heterocycles. The van der Waals surface area contributed by atoms with Gasteiger partial charge in [-0.2, -0.15) is 5.26 Å². The molecule has 2 rings (SSSR count). The molecule has 88 valence electrons. The number of carbonyl (C=O) groups is 1. The van der Waals surface area contributed by atoms with E-state index in [1.807, 2.05) is 13.0 Å². The monoisotopic (exact) mass is 230 g/mol. The van der Waals surface area contributed by atoms with Crippen LogP contribution in [0.15, 0.2) is 24.3 Å². The van der Waals surface area contributed by atoms with Crippen LogP contribution in [0.25, 0.3) is 0 Å². The van der Waals surface area contributed by atoms with Crippen molar-refractivity contribution in [2.75, 3.05) is 11.9 Å². The maximum Gasteiger partial charge on any atom is 0.229 e. The number of rotatable bonds is 2. The van der Waals surface area contributed by atoms with Gasteiger partial charge in [-0.05, 0) is 31.5 Å². The van der Waals surface area contributed by atoms with Gasteiger partial charge in [0.15, 0.2) is 0 Å². The van der Waals surface area contributed by atoms with E-state index >= 15 is 0 Å². The Hall–Kier alpha value is -1.86. The highest BCUT2D eigenvalue weighted by Gasteiger charge is 2.28. The molecule has 17 heavy (non-hydrogen) atoms. The molecule has 1 heterocycles. The molecule has 1 fully saturated rings. The Morgan fingerprint density at radius 3 is 3.06 bits per heavy atom. The fourth-order valence-corrected chi connectivity index (χ4v) is 1.91. The summed E-state index contributed by atoms with van der Waals surface area (Å²) in [6, 6.07) is 8.94. The molecule has 1 aromatic rings. The van der Waals surface area contributed by atoms with E-state index in [-0.39, 0.29) is 17.9 Å². The smallest absolute Gasteiger partial charge is 0.229 e. The second-order valence-corrected chi connectivity index (χ2v) is 4.26. The zero-order valence-corrected chi connectivity index (χ0v) is 9.64. The first kappa shape index (κ1) is 11.6. The van der Waals surface area contributed by atoms with Crippen LogP contribution in [0.1, 0.15) is 18.9 Å². The number of anilines is 1. The van der Waals surface area contributed by atoms with Crippen LogP contribution in [0.4, 0.5) is 5.69 Å². The molecule has 1 aromatic carbocycles. The Kier molecular flexibility index (Phi) is 3.40. The normalized spacial score (nSPS) is 23.1. The fraction of sp³-hybridized carbons (Fsp3) is 0.385. The molecular formula is C13H14N2O2. The molecule has 4 heteroatoms. The molecule has 1 aliphatic rings. The van der Waals surface area contributed by atoms with Crippen LogP contribution >= 0.6 is 0 Å². The van der Waals surface area contributed by atoms with Gasteiger partial charge < -0.3 is 10.1 Å². The van der Waals surface area contributed by atoms with Crippen molar-refractivity contribution in [3.8, 4) is 6.07 Å². The average molecular weight is 230 g/mol. The van der Waals surface area contributed by atoms with E-state index < -0.39 is 0 Å². The third kappa shape index (κ3) is 2.83. The first-order valence-electron chi connectivity index (χ1n) is 5.61. The SMILES string of the molecule is CC1CC(C(=O)Nc2cccc(C#N)c2)CO1. The van der Waals surface area contributed by atoms with Crippen molar-refractivity contribution in [2.45, 2.75) is 19.4 Å². The molecule has 2 atom stereocenters. The van der Waals surface area contributed by atoms with Crippen molar-refractivity contribution in [1.29, 1.82) is 5.26 Å². The number of hydrogen-bond acceptors (Lipinski definition) is 3. The van der Waals surface area contributed by atoms with Gasteiger partial charge in [-0.3, -0.25) is 4.79 Å². The van der Waals surface area contributed by atoms with Crippen LogP contribution in [-0.4, -0.2) is 18.6 Å². The van der Waals surface area contributed by atoms with Gasteiger partial charge in [0.1, 0.15) is 0 Å². The summed E-state index contributed by atoms with van der Waals surface area (Å²) in [6.07, 6.45) is 0.903. The lowest BCUT2D eigenvalue weighted by molar-refractivity contribution is -0.119. The minimum atomic E-state index is -0.0873. The van der Waals surface area contributed by atoms with Gasteiger partial charge in [-0.25, -0.2) is 0 Å². The maximum absolute atomic E-state index is 11.9. The van der Waals surface area contributed by atoms with Crippen LogP contribution in [-0.2, 0) is 9.53 Å². The Bertz CT molecular complexity index is 465. The number of carbonyl (C=O) groups excluding carboxylic acids is 1. The van der Waals surface area contributed by atoms with Gasteiger partial charge >= 0.3 is 0 Å². The van der Waals surface area contributed by atoms with Crippen LogP contribution < -0.4 is 5.32 Å². The standard InChI is InChI=1S/C13H14N2O2/c1-9-5-11(8-17-9)13(16)15-12-4-2-3-10(6-12)7-14/h2-4,6,9,11H,5,8H2,1H3,(H,15,16).